The van der Waals surface area contributed by atoms with Crippen molar-refractivity contribution in [3.63, 3.8) is 0 Å². The van der Waals surface area contributed by atoms with Crippen LogP contribution in [0.25, 0.3) is 0 Å². The van der Waals surface area contributed by atoms with Gasteiger partial charge in [-0.2, -0.15) is 0 Å². The van der Waals surface area contributed by atoms with E-state index in [-0.39, 0.29) is 24.3 Å². The average molecular weight is 489 g/mol. The van der Waals surface area contributed by atoms with Crippen molar-refractivity contribution >= 4 is 23.5 Å². The van der Waals surface area contributed by atoms with E-state index in [1.807, 2.05) is 12.1 Å². The number of hydrogen-bond acceptors (Lipinski definition) is 5. The number of hydrogen-bond donors (Lipinski definition) is 0. The Morgan fingerprint density at radius 2 is 1.15 bits per heavy atom. The zero-order chi connectivity index (χ0) is 24.4. The van der Waals surface area contributed by atoms with E-state index in [9.17, 15) is 9.59 Å². The summed E-state index contributed by atoms with van der Waals surface area (Å²) < 4.78 is 16.2. The summed E-state index contributed by atoms with van der Waals surface area (Å²) in [6, 6.07) is 13.6. The van der Waals surface area contributed by atoms with Crippen LogP contribution in [0.2, 0.25) is 5.02 Å². The van der Waals surface area contributed by atoms with Gasteiger partial charge >= 0.3 is 11.9 Å². The SMILES string of the molecule is CCCCCCCCCCCCOC(=O)c1ccccc1C(=O)OCCOc1ccccc1Cl. The molecule has 0 spiro atoms. The highest BCUT2D eigenvalue weighted by Gasteiger charge is 2.19. The molecular formula is C28H37ClO5. The maximum absolute atomic E-state index is 12.5. The van der Waals surface area contributed by atoms with Crippen molar-refractivity contribution in [2.75, 3.05) is 19.8 Å². The van der Waals surface area contributed by atoms with Gasteiger partial charge in [0.25, 0.3) is 0 Å². The number of rotatable bonds is 17. The highest BCUT2D eigenvalue weighted by atomic mass is 35.5. The Morgan fingerprint density at radius 3 is 1.74 bits per heavy atom. The van der Waals surface area contributed by atoms with Gasteiger partial charge in [-0.3, -0.25) is 0 Å². The van der Waals surface area contributed by atoms with Crippen LogP contribution in [-0.2, 0) is 9.47 Å². The first-order valence-electron chi connectivity index (χ1n) is 12.4. The largest absolute Gasteiger partial charge is 0.488 e. The fraction of sp³-hybridized carbons (Fsp3) is 0.500. The molecule has 0 heterocycles. The van der Waals surface area contributed by atoms with E-state index >= 15 is 0 Å². The Bertz CT molecular complexity index is 867. The molecule has 5 nitrogen and oxygen atoms in total. The van der Waals surface area contributed by atoms with Gasteiger partial charge in [-0.15, -0.1) is 0 Å². The summed E-state index contributed by atoms with van der Waals surface area (Å²) in [5, 5.41) is 0.490. The summed E-state index contributed by atoms with van der Waals surface area (Å²) in [6.45, 7) is 2.77. The maximum atomic E-state index is 12.5. The average Bonchev–Trinajstić information content (AvgIpc) is 2.86. The van der Waals surface area contributed by atoms with E-state index in [2.05, 4.69) is 6.92 Å². The van der Waals surface area contributed by atoms with Gasteiger partial charge in [0.1, 0.15) is 19.0 Å². The Hall–Kier alpha value is -2.53. The molecule has 0 saturated heterocycles. The summed E-state index contributed by atoms with van der Waals surface area (Å²) in [4.78, 5) is 25.0. The molecule has 0 saturated carbocycles. The van der Waals surface area contributed by atoms with E-state index < -0.39 is 11.9 Å². The van der Waals surface area contributed by atoms with Crippen LogP contribution in [0, 0.1) is 0 Å². The first-order valence-corrected chi connectivity index (χ1v) is 12.8. The zero-order valence-electron chi connectivity index (χ0n) is 20.2. The lowest BCUT2D eigenvalue weighted by atomic mass is 10.1. The van der Waals surface area contributed by atoms with Crippen molar-refractivity contribution in [1.29, 1.82) is 0 Å². The predicted molar refractivity (Wildman–Crippen MR) is 136 cm³/mol. The molecular weight excluding hydrogens is 452 g/mol. The second-order valence-electron chi connectivity index (χ2n) is 8.28. The molecule has 186 valence electrons. The number of benzene rings is 2. The second kappa shape index (κ2) is 17.0. The number of carbonyl (C=O) groups excluding carboxylic acids is 2. The molecule has 0 aromatic heterocycles. The van der Waals surface area contributed by atoms with Gasteiger partial charge in [-0.05, 0) is 30.7 Å². The van der Waals surface area contributed by atoms with E-state index in [0.717, 1.165) is 19.3 Å². The van der Waals surface area contributed by atoms with Crippen molar-refractivity contribution in [2.45, 2.75) is 71.1 Å². The molecule has 6 heteroatoms. The minimum atomic E-state index is -0.589. The van der Waals surface area contributed by atoms with Crippen LogP contribution in [0.1, 0.15) is 91.8 Å². The van der Waals surface area contributed by atoms with Crippen molar-refractivity contribution in [1.82, 2.24) is 0 Å². The van der Waals surface area contributed by atoms with Gasteiger partial charge in [0.05, 0.1) is 22.8 Å². The number of ether oxygens (including phenoxy) is 3. The zero-order valence-corrected chi connectivity index (χ0v) is 21.0. The summed E-state index contributed by atoms with van der Waals surface area (Å²) in [5.41, 5.74) is 0.403. The van der Waals surface area contributed by atoms with Crippen molar-refractivity contribution in [2.24, 2.45) is 0 Å². The number of carbonyl (C=O) groups is 2. The van der Waals surface area contributed by atoms with Crippen LogP contribution in [0.4, 0.5) is 0 Å². The normalized spacial score (nSPS) is 10.6. The second-order valence-corrected chi connectivity index (χ2v) is 8.69. The highest BCUT2D eigenvalue weighted by Crippen LogP contribution is 2.23. The smallest absolute Gasteiger partial charge is 0.339 e. The van der Waals surface area contributed by atoms with Crippen molar-refractivity contribution in [3.05, 3.63) is 64.7 Å². The van der Waals surface area contributed by atoms with Crippen molar-refractivity contribution in [3.8, 4) is 5.75 Å². The molecule has 0 aliphatic carbocycles. The third kappa shape index (κ3) is 10.6. The van der Waals surface area contributed by atoms with Crippen LogP contribution < -0.4 is 4.74 Å². The number of halogens is 1. The Balaban J connectivity index is 1.65. The van der Waals surface area contributed by atoms with Gasteiger partial charge < -0.3 is 14.2 Å². The Kier molecular flexibility index (Phi) is 13.8. The van der Waals surface area contributed by atoms with Crippen LogP contribution in [0.5, 0.6) is 5.75 Å². The van der Waals surface area contributed by atoms with E-state index in [1.54, 1.807) is 36.4 Å². The molecule has 0 amide bonds. The van der Waals surface area contributed by atoms with Crippen LogP contribution in [0.3, 0.4) is 0 Å². The van der Waals surface area contributed by atoms with E-state index in [4.69, 9.17) is 25.8 Å². The monoisotopic (exact) mass is 488 g/mol. The van der Waals surface area contributed by atoms with Gasteiger partial charge in [0, 0.05) is 0 Å². The van der Waals surface area contributed by atoms with Crippen molar-refractivity contribution < 1.29 is 23.8 Å². The molecule has 0 N–H and O–H groups in total. The molecule has 0 fully saturated rings. The third-order valence-electron chi connectivity index (χ3n) is 5.51. The summed E-state index contributed by atoms with van der Waals surface area (Å²) in [6.07, 6.45) is 12.1. The maximum Gasteiger partial charge on any atom is 0.339 e. The standard InChI is InChI=1S/C28H37ClO5/c1-2-3-4-5-6-7-8-9-10-15-20-33-27(30)23-16-11-12-17-24(23)28(31)34-22-21-32-26-19-14-13-18-25(26)29/h11-14,16-19H,2-10,15,20-22H2,1H3. The summed E-state index contributed by atoms with van der Waals surface area (Å²) in [5.74, 6) is -0.568. The molecule has 0 unspecified atom stereocenters. The molecule has 0 aliphatic rings. The molecule has 2 aromatic carbocycles. The Labute approximate surface area is 208 Å². The van der Waals surface area contributed by atoms with Gasteiger partial charge in [0.15, 0.2) is 0 Å². The van der Waals surface area contributed by atoms with Gasteiger partial charge in [-0.25, -0.2) is 9.59 Å². The minimum Gasteiger partial charge on any atom is -0.488 e. The predicted octanol–water partition coefficient (Wildman–Crippen LogP) is 7.65. The highest BCUT2D eigenvalue weighted by molar-refractivity contribution is 6.32. The molecule has 2 rings (SSSR count). The fourth-order valence-electron chi connectivity index (χ4n) is 3.60. The molecule has 34 heavy (non-hydrogen) atoms. The van der Waals surface area contributed by atoms with Crippen LogP contribution in [0.15, 0.2) is 48.5 Å². The third-order valence-corrected chi connectivity index (χ3v) is 5.82. The molecule has 0 atom stereocenters. The lowest BCUT2D eigenvalue weighted by molar-refractivity contribution is 0.0422. The number of esters is 2. The number of para-hydroxylation sites is 1. The molecule has 0 aliphatic heterocycles. The lowest BCUT2D eigenvalue weighted by Crippen LogP contribution is -2.17. The fourth-order valence-corrected chi connectivity index (χ4v) is 3.79. The summed E-state index contributed by atoms with van der Waals surface area (Å²) in [7, 11) is 0. The lowest BCUT2D eigenvalue weighted by Gasteiger charge is -2.11. The summed E-state index contributed by atoms with van der Waals surface area (Å²) >= 11 is 6.04. The first kappa shape index (κ1) is 27.7. The van der Waals surface area contributed by atoms with E-state index in [0.29, 0.717) is 17.4 Å². The number of unbranched alkanes of at least 4 members (excludes halogenated alkanes) is 9. The van der Waals surface area contributed by atoms with Gasteiger partial charge in [-0.1, -0.05) is 101 Å². The Morgan fingerprint density at radius 1 is 0.647 bits per heavy atom. The quantitative estimate of drug-likeness (QED) is 0.169. The van der Waals surface area contributed by atoms with Crippen LogP contribution in [-0.4, -0.2) is 31.8 Å². The molecule has 2 aromatic rings. The first-order chi connectivity index (χ1) is 16.6. The van der Waals surface area contributed by atoms with Gasteiger partial charge in [0.2, 0.25) is 0 Å². The minimum absolute atomic E-state index is 0.0338. The van der Waals surface area contributed by atoms with Crippen LogP contribution >= 0.6 is 11.6 Å². The topological polar surface area (TPSA) is 61.8 Å². The molecule has 0 radical (unpaired) electrons. The molecule has 0 bridgehead atoms. The van der Waals surface area contributed by atoms with E-state index in [1.165, 1.54) is 44.9 Å².